The van der Waals surface area contributed by atoms with Crippen LogP contribution in [0, 0.1) is 0 Å². The lowest BCUT2D eigenvalue weighted by Gasteiger charge is -2.24. The lowest BCUT2D eigenvalue weighted by molar-refractivity contribution is -0.870. The topological polar surface area (TPSA) is 108 Å². The smallest absolute Gasteiger partial charge is 0.462 e. The van der Waals surface area contributed by atoms with Gasteiger partial charge >= 0.3 is 19.8 Å². The van der Waals surface area contributed by atoms with Crippen LogP contribution in [0.15, 0.2) is 36.5 Å². The van der Waals surface area contributed by atoms with Gasteiger partial charge in [0.2, 0.25) is 0 Å². The van der Waals surface area contributed by atoms with Crippen LogP contribution in [0.1, 0.15) is 284 Å². The Hall–Kier alpha value is -1.77. The van der Waals surface area contributed by atoms with Crippen molar-refractivity contribution in [1.29, 1.82) is 0 Å². The minimum atomic E-state index is -4.38. The monoisotopic (exact) mass is 1010 g/mol. The maximum Gasteiger partial charge on any atom is 0.472 e. The van der Waals surface area contributed by atoms with Crippen LogP contribution in [0.25, 0.3) is 0 Å². The molecule has 0 aliphatic rings. The van der Waals surface area contributed by atoms with Gasteiger partial charge in [-0.25, -0.2) is 4.57 Å². The number of hydrogen-bond donors (Lipinski definition) is 1. The molecule has 10 heteroatoms. The van der Waals surface area contributed by atoms with E-state index >= 15 is 0 Å². The number of phosphoric ester groups is 1. The second kappa shape index (κ2) is 52.1. The molecule has 0 saturated carbocycles. The predicted octanol–water partition coefficient (Wildman–Crippen LogP) is 18.4. The number of esters is 2. The Morgan fingerprint density at radius 1 is 0.443 bits per heavy atom. The Kier molecular flexibility index (Phi) is 50.8. The van der Waals surface area contributed by atoms with E-state index in [0.717, 1.165) is 57.8 Å². The lowest BCUT2D eigenvalue weighted by atomic mass is 10.0. The van der Waals surface area contributed by atoms with Crippen molar-refractivity contribution in [3.8, 4) is 0 Å². The molecule has 0 aliphatic heterocycles. The molecule has 2 atom stereocenters. The molecule has 1 N–H and O–H groups in total. The largest absolute Gasteiger partial charge is 0.472 e. The van der Waals surface area contributed by atoms with Gasteiger partial charge in [-0.05, 0) is 70.6 Å². The normalized spacial score (nSPS) is 13.5. The molecular weight excluding hydrogens is 894 g/mol. The van der Waals surface area contributed by atoms with Gasteiger partial charge in [-0.2, -0.15) is 0 Å². The van der Waals surface area contributed by atoms with Crippen molar-refractivity contribution in [2.24, 2.45) is 0 Å². The van der Waals surface area contributed by atoms with Gasteiger partial charge in [-0.3, -0.25) is 18.6 Å². The average Bonchev–Trinajstić information content (AvgIpc) is 3.32. The Labute approximate surface area is 433 Å². The van der Waals surface area contributed by atoms with Gasteiger partial charge in [0.1, 0.15) is 19.8 Å². The molecule has 0 fully saturated rings. The lowest BCUT2D eigenvalue weighted by Crippen LogP contribution is -2.37. The summed E-state index contributed by atoms with van der Waals surface area (Å²) in [5, 5.41) is 0. The summed E-state index contributed by atoms with van der Waals surface area (Å²) < 4.78 is 34.5. The number of nitrogens with zero attached hydrogens (tertiary/aromatic N) is 1. The molecule has 0 aliphatic carbocycles. The first-order valence-electron chi connectivity index (χ1n) is 29.7. The number of quaternary nitrogens is 1. The van der Waals surface area contributed by atoms with Crippen LogP contribution in [-0.4, -0.2) is 74.9 Å². The number of likely N-dealkylation sites (N-methyl/N-ethyl adjacent to an activating group) is 1. The Morgan fingerprint density at radius 3 is 1.17 bits per heavy atom. The molecule has 0 aromatic rings. The number of hydrogen-bond acceptors (Lipinski definition) is 7. The molecule has 0 saturated heterocycles. The van der Waals surface area contributed by atoms with Crippen molar-refractivity contribution in [2.75, 3.05) is 47.5 Å². The highest BCUT2D eigenvalue weighted by Crippen LogP contribution is 2.43. The van der Waals surface area contributed by atoms with Crippen LogP contribution in [0.2, 0.25) is 0 Å². The maximum atomic E-state index is 12.8. The number of carbonyl (C=O) groups excluding carboxylic acids is 2. The summed E-state index contributed by atoms with van der Waals surface area (Å²) in [6, 6.07) is 0. The standard InChI is InChI=1S/C60H114NO8P/c1-6-8-10-12-14-16-18-20-22-23-24-25-26-27-28-29-30-31-32-33-34-35-36-37-39-40-42-44-46-48-50-52-59(62)66-56-58(57-68-70(64,65)67-55-54-61(3,4)5)69-60(63)53-51-49-47-45-43-41-38-21-19-17-15-13-11-9-7-2/h15,17,21,23-24,38,58H,6-14,16,18-20,22,25-37,39-57H2,1-5H3/p+1/b17-15-,24-23-,38-21-. The fraction of sp³-hybridized carbons (Fsp3) is 0.867. The molecule has 0 rings (SSSR count). The SMILES string of the molecule is CCCCC/C=C\C/C=C\CCCCCCCC(=O)OC(COC(=O)CCCCCCCCCCCCCCCCCCCCC/C=C\CCCCCCCCCC)COP(=O)(O)OCC[N+](C)(C)C. The molecule has 0 heterocycles. The van der Waals surface area contributed by atoms with Gasteiger partial charge < -0.3 is 18.9 Å². The number of unbranched alkanes of at least 4 members (excludes halogenated alkanes) is 35. The molecule has 0 radical (unpaired) electrons. The van der Waals surface area contributed by atoms with E-state index in [1.165, 1.54) is 193 Å². The summed E-state index contributed by atoms with van der Waals surface area (Å²) >= 11 is 0. The molecule has 0 amide bonds. The van der Waals surface area contributed by atoms with E-state index in [1.54, 1.807) is 0 Å². The minimum Gasteiger partial charge on any atom is -0.462 e. The summed E-state index contributed by atoms with van der Waals surface area (Å²) in [5.74, 6) is -0.802. The minimum absolute atomic E-state index is 0.0300. The van der Waals surface area contributed by atoms with Crippen molar-refractivity contribution in [1.82, 2.24) is 0 Å². The summed E-state index contributed by atoms with van der Waals surface area (Å²) in [5.41, 5.74) is 0. The van der Waals surface area contributed by atoms with Crippen LogP contribution in [0.5, 0.6) is 0 Å². The first-order chi connectivity index (χ1) is 34.0. The van der Waals surface area contributed by atoms with E-state index in [0.29, 0.717) is 17.4 Å². The van der Waals surface area contributed by atoms with Crippen molar-refractivity contribution >= 4 is 19.8 Å². The summed E-state index contributed by atoms with van der Waals surface area (Å²) in [4.78, 5) is 35.6. The third kappa shape index (κ3) is 55.5. The molecule has 412 valence electrons. The van der Waals surface area contributed by atoms with E-state index < -0.39 is 26.5 Å². The number of phosphoric acid groups is 1. The maximum absolute atomic E-state index is 12.8. The molecule has 0 bridgehead atoms. The summed E-state index contributed by atoms with van der Waals surface area (Å²) in [6.07, 6.45) is 63.7. The van der Waals surface area contributed by atoms with Crippen LogP contribution >= 0.6 is 7.82 Å². The van der Waals surface area contributed by atoms with Crippen LogP contribution in [0.4, 0.5) is 0 Å². The van der Waals surface area contributed by atoms with Gasteiger partial charge in [0, 0.05) is 12.8 Å². The van der Waals surface area contributed by atoms with Crippen molar-refractivity contribution in [2.45, 2.75) is 290 Å². The Bertz CT molecular complexity index is 1280. The number of ether oxygens (including phenoxy) is 2. The first-order valence-corrected chi connectivity index (χ1v) is 31.2. The molecule has 70 heavy (non-hydrogen) atoms. The zero-order valence-corrected chi connectivity index (χ0v) is 47.7. The fourth-order valence-corrected chi connectivity index (χ4v) is 9.25. The molecule has 0 aromatic heterocycles. The summed E-state index contributed by atoms with van der Waals surface area (Å²) in [7, 11) is 1.48. The van der Waals surface area contributed by atoms with Crippen LogP contribution in [-0.2, 0) is 32.7 Å². The molecule has 0 aromatic carbocycles. The molecule has 2 unspecified atom stereocenters. The number of allylic oxidation sites excluding steroid dienone is 6. The zero-order valence-electron chi connectivity index (χ0n) is 46.8. The quantitative estimate of drug-likeness (QED) is 0.0211. The average molecular weight is 1010 g/mol. The first kappa shape index (κ1) is 68.2. The Morgan fingerprint density at radius 2 is 0.771 bits per heavy atom. The van der Waals surface area contributed by atoms with Gasteiger partial charge in [-0.15, -0.1) is 0 Å². The van der Waals surface area contributed by atoms with Crippen molar-refractivity contribution in [3.05, 3.63) is 36.5 Å². The molecule has 0 spiro atoms. The fourth-order valence-electron chi connectivity index (χ4n) is 8.51. The molecular formula is C60H115NO8P+. The van der Waals surface area contributed by atoms with Gasteiger partial charge in [0.15, 0.2) is 6.10 Å². The second-order valence-corrected chi connectivity index (χ2v) is 22.8. The highest BCUT2D eigenvalue weighted by Gasteiger charge is 2.27. The van der Waals surface area contributed by atoms with E-state index in [1.807, 2.05) is 21.1 Å². The van der Waals surface area contributed by atoms with Gasteiger partial charge in [-0.1, -0.05) is 237 Å². The summed E-state index contributed by atoms with van der Waals surface area (Å²) in [6.45, 7) is 4.42. The predicted molar refractivity (Wildman–Crippen MR) is 298 cm³/mol. The molecule has 9 nitrogen and oxygen atoms in total. The van der Waals surface area contributed by atoms with Crippen molar-refractivity contribution in [3.63, 3.8) is 0 Å². The van der Waals surface area contributed by atoms with Gasteiger partial charge in [0.05, 0.1) is 27.7 Å². The van der Waals surface area contributed by atoms with E-state index in [4.69, 9.17) is 18.5 Å². The van der Waals surface area contributed by atoms with Crippen LogP contribution < -0.4 is 0 Å². The van der Waals surface area contributed by atoms with Gasteiger partial charge in [0.25, 0.3) is 0 Å². The third-order valence-electron chi connectivity index (χ3n) is 13.1. The Balaban J connectivity index is 4.01. The second-order valence-electron chi connectivity index (χ2n) is 21.4. The van der Waals surface area contributed by atoms with Crippen molar-refractivity contribution < 1.29 is 42.1 Å². The number of carbonyl (C=O) groups is 2. The van der Waals surface area contributed by atoms with E-state index in [-0.39, 0.29) is 32.0 Å². The third-order valence-corrected chi connectivity index (χ3v) is 14.1. The highest BCUT2D eigenvalue weighted by atomic mass is 31.2. The van der Waals surface area contributed by atoms with E-state index in [2.05, 4.69) is 50.3 Å². The highest BCUT2D eigenvalue weighted by molar-refractivity contribution is 7.47. The van der Waals surface area contributed by atoms with E-state index in [9.17, 15) is 19.0 Å². The zero-order chi connectivity index (χ0) is 51.3. The van der Waals surface area contributed by atoms with Crippen LogP contribution in [0.3, 0.4) is 0 Å². The number of rotatable bonds is 55.